The Kier molecular flexibility index (Phi) is 3.29. The molecule has 1 aromatic rings. The zero-order valence-corrected chi connectivity index (χ0v) is 7.49. The summed E-state index contributed by atoms with van der Waals surface area (Å²) in [6.45, 7) is 0. The molecular weight excluding hydrogens is 188 g/mol. The third kappa shape index (κ3) is 2.76. The van der Waals surface area contributed by atoms with E-state index in [4.69, 9.17) is 0 Å². The fourth-order valence-electron chi connectivity index (χ4n) is 0.710. The van der Waals surface area contributed by atoms with Crippen LogP contribution in [0.5, 0.6) is 0 Å². The molecule has 0 aromatic carbocycles. The number of rotatable bonds is 1. The minimum atomic E-state index is -0.546. The van der Waals surface area contributed by atoms with E-state index in [0.29, 0.717) is 11.3 Å². The SMILES string of the molecule is O=[N+]([O-])c1ccc(C#CCS)cn1. The van der Waals surface area contributed by atoms with Crippen molar-refractivity contribution in [3.63, 3.8) is 0 Å². The summed E-state index contributed by atoms with van der Waals surface area (Å²) >= 11 is 3.90. The van der Waals surface area contributed by atoms with Crippen LogP contribution in [0.25, 0.3) is 0 Å². The molecule has 0 aliphatic carbocycles. The van der Waals surface area contributed by atoms with Crippen molar-refractivity contribution in [3.05, 3.63) is 34.0 Å². The number of pyridine rings is 1. The molecule has 0 radical (unpaired) electrons. The summed E-state index contributed by atoms with van der Waals surface area (Å²) < 4.78 is 0. The maximum absolute atomic E-state index is 10.2. The molecule has 0 N–H and O–H groups in total. The molecule has 0 saturated heterocycles. The maximum Gasteiger partial charge on any atom is 0.363 e. The van der Waals surface area contributed by atoms with Gasteiger partial charge in [-0.1, -0.05) is 11.8 Å². The molecule has 0 atom stereocenters. The normalized spacial score (nSPS) is 8.69. The van der Waals surface area contributed by atoms with E-state index in [-0.39, 0.29) is 5.82 Å². The average Bonchev–Trinajstić information content (AvgIpc) is 2.15. The first-order chi connectivity index (χ1) is 6.24. The summed E-state index contributed by atoms with van der Waals surface area (Å²) in [5.74, 6) is 5.75. The molecule has 0 saturated carbocycles. The third-order valence-corrected chi connectivity index (χ3v) is 1.40. The standard InChI is InChI=1S/C8H6N2O2S/c11-10(12)8-4-3-7(6-9-8)2-1-5-13/h3-4,6,13H,5H2. The lowest BCUT2D eigenvalue weighted by molar-refractivity contribution is -0.389. The van der Waals surface area contributed by atoms with E-state index in [1.54, 1.807) is 6.07 Å². The molecule has 5 heteroatoms. The monoisotopic (exact) mass is 194 g/mol. The second-order valence-corrected chi connectivity index (χ2v) is 2.44. The predicted molar refractivity (Wildman–Crippen MR) is 51.6 cm³/mol. The molecule has 0 unspecified atom stereocenters. The molecule has 0 aliphatic rings. The summed E-state index contributed by atoms with van der Waals surface area (Å²) in [6, 6.07) is 2.88. The Hall–Kier alpha value is -1.54. The van der Waals surface area contributed by atoms with Gasteiger partial charge in [-0.25, -0.2) is 0 Å². The zero-order chi connectivity index (χ0) is 9.68. The van der Waals surface area contributed by atoms with Gasteiger partial charge < -0.3 is 10.1 Å². The Morgan fingerprint density at radius 2 is 2.38 bits per heavy atom. The molecular formula is C8H6N2O2S. The number of hydrogen-bond donors (Lipinski definition) is 1. The Morgan fingerprint density at radius 3 is 2.85 bits per heavy atom. The molecule has 13 heavy (non-hydrogen) atoms. The van der Waals surface area contributed by atoms with E-state index in [9.17, 15) is 10.1 Å². The van der Waals surface area contributed by atoms with Gasteiger partial charge in [-0.3, -0.25) is 0 Å². The number of aromatic nitrogens is 1. The van der Waals surface area contributed by atoms with Crippen LogP contribution in [0.15, 0.2) is 18.3 Å². The highest BCUT2D eigenvalue weighted by Gasteiger charge is 2.03. The van der Waals surface area contributed by atoms with Crippen LogP contribution in [0, 0.1) is 22.0 Å². The zero-order valence-electron chi connectivity index (χ0n) is 6.60. The largest absolute Gasteiger partial charge is 0.363 e. The summed E-state index contributed by atoms with van der Waals surface area (Å²) in [7, 11) is 0. The van der Waals surface area contributed by atoms with Crippen LogP contribution in [0.4, 0.5) is 5.82 Å². The van der Waals surface area contributed by atoms with Gasteiger partial charge in [0, 0.05) is 6.07 Å². The van der Waals surface area contributed by atoms with Crippen molar-refractivity contribution in [3.8, 4) is 11.8 Å². The Balaban J connectivity index is 2.87. The number of nitro groups is 1. The molecule has 1 aromatic heterocycles. The quantitative estimate of drug-likeness (QED) is 0.317. The highest BCUT2D eigenvalue weighted by atomic mass is 32.1. The van der Waals surface area contributed by atoms with Crippen LogP contribution in [0.3, 0.4) is 0 Å². The molecule has 0 fully saturated rings. The van der Waals surface area contributed by atoms with Crippen molar-refractivity contribution in [1.29, 1.82) is 0 Å². The molecule has 4 nitrogen and oxygen atoms in total. The highest BCUT2D eigenvalue weighted by molar-refractivity contribution is 7.80. The Morgan fingerprint density at radius 1 is 1.62 bits per heavy atom. The predicted octanol–water partition coefficient (Wildman–Crippen LogP) is 1.27. The van der Waals surface area contributed by atoms with Gasteiger partial charge in [-0.05, 0) is 16.0 Å². The molecule has 0 amide bonds. The topological polar surface area (TPSA) is 56.0 Å². The van der Waals surface area contributed by atoms with Crippen molar-refractivity contribution in [2.45, 2.75) is 0 Å². The lowest BCUT2D eigenvalue weighted by Crippen LogP contribution is -1.91. The first kappa shape index (κ1) is 9.55. The Labute approximate surface area is 80.6 Å². The minimum Gasteiger partial charge on any atom is -0.358 e. The van der Waals surface area contributed by atoms with E-state index < -0.39 is 4.92 Å². The van der Waals surface area contributed by atoms with E-state index in [1.807, 2.05) is 0 Å². The number of nitrogens with zero attached hydrogens (tertiary/aromatic N) is 2. The lowest BCUT2D eigenvalue weighted by atomic mass is 10.3. The lowest BCUT2D eigenvalue weighted by Gasteiger charge is -1.89. The van der Waals surface area contributed by atoms with Crippen LogP contribution >= 0.6 is 12.6 Å². The fraction of sp³-hybridized carbons (Fsp3) is 0.125. The van der Waals surface area contributed by atoms with Gasteiger partial charge in [0.1, 0.15) is 0 Å². The first-order valence-corrected chi connectivity index (χ1v) is 4.07. The summed E-state index contributed by atoms with van der Waals surface area (Å²) in [4.78, 5) is 13.3. The summed E-state index contributed by atoms with van der Waals surface area (Å²) in [5.41, 5.74) is 0.652. The van der Waals surface area contributed by atoms with Gasteiger partial charge in [0.15, 0.2) is 6.20 Å². The van der Waals surface area contributed by atoms with Gasteiger partial charge in [0.2, 0.25) is 0 Å². The van der Waals surface area contributed by atoms with Crippen LogP contribution in [-0.4, -0.2) is 15.7 Å². The van der Waals surface area contributed by atoms with Crippen LogP contribution in [0.2, 0.25) is 0 Å². The van der Waals surface area contributed by atoms with Gasteiger partial charge >= 0.3 is 5.82 Å². The Bertz CT molecular complexity index is 364. The molecule has 1 rings (SSSR count). The molecule has 66 valence electrons. The van der Waals surface area contributed by atoms with Crippen molar-refractivity contribution in [2.24, 2.45) is 0 Å². The average molecular weight is 194 g/mol. The minimum absolute atomic E-state index is 0.170. The highest BCUT2D eigenvalue weighted by Crippen LogP contribution is 2.05. The maximum atomic E-state index is 10.2. The second kappa shape index (κ2) is 4.48. The third-order valence-electron chi connectivity index (χ3n) is 1.25. The van der Waals surface area contributed by atoms with Crippen LogP contribution in [0.1, 0.15) is 5.56 Å². The fourth-order valence-corrected chi connectivity index (χ4v) is 0.789. The number of thiol groups is 1. The summed E-state index contributed by atoms with van der Waals surface area (Å²) in [5, 5.41) is 10.2. The van der Waals surface area contributed by atoms with Gasteiger partial charge in [0.05, 0.1) is 11.3 Å². The van der Waals surface area contributed by atoms with E-state index >= 15 is 0 Å². The first-order valence-electron chi connectivity index (χ1n) is 3.44. The second-order valence-electron chi connectivity index (χ2n) is 2.12. The van der Waals surface area contributed by atoms with E-state index in [1.165, 1.54) is 12.3 Å². The van der Waals surface area contributed by atoms with Crippen LogP contribution < -0.4 is 0 Å². The molecule has 0 aliphatic heterocycles. The van der Waals surface area contributed by atoms with Crippen molar-refractivity contribution >= 4 is 18.4 Å². The van der Waals surface area contributed by atoms with Gasteiger partial charge in [0.25, 0.3) is 0 Å². The molecule has 0 spiro atoms. The number of hydrogen-bond acceptors (Lipinski definition) is 4. The molecule has 0 bridgehead atoms. The van der Waals surface area contributed by atoms with Crippen LogP contribution in [-0.2, 0) is 0 Å². The van der Waals surface area contributed by atoms with Crippen molar-refractivity contribution in [2.75, 3.05) is 5.75 Å². The van der Waals surface area contributed by atoms with Crippen molar-refractivity contribution in [1.82, 2.24) is 4.98 Å². The van der Waals surface area contributed by atoms with E-state index in [2.05, 4.69) is 29.5 Å². The van der Waals surface area contributed by atoms with Crippen molar-refractivity contribution < 1.29 is 4.92 Å². The van der Waals surface area contributed by atoms with Gasteiger partial charge in [-0.2, -0.15) is 12.6 Å². The smallest absolute Gasteiger partial charge is 0.358 e. The summed E-state index contributed by atoms with van der Waals surface area (Å²) in [6.07, 6.45) is 1.37. The molecule has 1 heterocycles. The van der Waals surface area contributed by atoms with Gasteiger partial charge in [-0.15, -0.1) is 0 Å². The van der Waals surface area contributed by atoms with E-state index in [0.717, 1.165) is 0 Å².